The minimum atomic E-state index is -0.0858. The quantitative estimate of drug-likeness (QED) is 0.806. The van der Waals surface area contributed by atoms with E-state index in [0.29, 0.717) is 6.54 Å². The number of rotatable bonds is 1. The smallest absolute Gasteiger partial charge is 0.312 e. The van der Waals surface area contributed by atoms with E-state index in [9.17, 15) is 4.79 Å². The monoisotopic (exact) mass is 244 g/mol. The molecule has 18 heavy (non-hydrogen) atoms. The molecule has 0 unspecified atom stereocenters. The number of anilines is 1. The van der Waals surface area contributed by atoms with Gasteiger partial charge in [-0.15, -0.1) is 0 Å². The lowest BCUT2D eigenvalue weighted by Gasteiger charge is -2.30. The molecule has 96 valence electrons. The van der Waals surface area contributed by atoms with Gasteiger partial charge in [-0.25, -0.2) is 4.79 Å². The zero-order valence-electron chi connectivity index (χ0n) is 11.3. The van der Waals surface area contributed by atoms with Crippen LogP contribution in [-0.4, -0.2) is 12.6 Å². The normalized spacial score (nSPS) is 16.7. The molecule has 2 rings (SSSR count). The van der Waals surface area contributed by atoms with Crippen molar-refractivity contribution in [3.8, 4) is 0 Å². The Kier molecular flexibility index (Phi) is 3.16. The van der Waals surface area contributed by atoms with Crippen molar-refractivity contribution in [2.75, 3.05) is 11.4 Å². The van der Waals surface area contributed by atoms with Crippen LogP contribution in [0.5, 0.6) is 0 Å². The summed E-state index contributed by atoms with van der Waals surface area (Å²) in [5.41, 5.74) is 3.07. The Morgan fingerprint density at radius 2 is 2.06 bits per heavy atom. The summed E-state index contributed by atoms with van der Waals surface area (Å²) in [5.74, 6) is 0. The number of carbonyl (C=O) groups excluding carboxylic acids is 1. The van der Waals surface area contributed by atoms with E-state index in [1.54, 1.807) is 4.90 Å². The summed E-state index contributed by atoms with van der Waals surface area (Å²) in [7, 11) is 0. The lowest BCUT2D eigenvalue weighted by molar-refractivity contribution is 0.246. The van der Waals surface area contributed by atoms with E-state index < -0.39 is 0 Å². The number of nitrogens with zero attached hydrogens (tertiary/aromatic N) is 1. The average Bonchev–Trinajstić information content (AvgIpc) is 2.28. The summed E-state index contributed by atoms with van der Waals surface area (Å²) < 4.78 is 0. The van der Waals surface area contributed by atoms with Gasteiger partial charge in [-0.05, 0) is 23.1 Å². The van der Waals surface area contributed by atoms with Crippen molar-refractivity contribution < 1.29 is 4.79 Å². The van der Waals surface area contributed by atoms with Crippen LogP contribution < -0.4 is 10.2 Å². The first-order valence-electron chi connectivity index (χ1n) is 6.25. The molecule has 3 heteroatoms. The van der Waals surface area contributed by atoms with Gasteiger partial charge in [-0.1, -0.05) is 39.5 Å². The SMILES string of the molecule is C=C1CCN(c2cccc(C(C)(C)C)c2)C(=O)N1. The van der Waals surface area contributed by atoms with Crippen molar-refractivity contribution in [2.45, 2.75) is 32.6 Å². The van der Waals surface area contributed by atoms with Crippen LogP contribution in [0.2, 0.25) is 0 Å². The highest BCUT2D eigenvalue weighted by Gasteiger charge is 2.22. The highest BCUT2D eigenvalue weighted by Crippen LogP contribution is 2.27. The molecule has 0 aromatic heterocycles. The third kappa shape index (κ3) is 2.55. The van der Waals surface area contributed by atoms with E-state index in [1.165, 1.54) is 5.56 Å². The van der Waals surface area contributed by atoms with Crippen molar-refractivity contribution in [1.82, 2.24) is 5.32 Å². The molecule has 0 radical (unpaired) electrons. The minimum absolute atomic E-state index is 0.0858. The Bertz CT molecular complexity index is 486. The van der Waals surface area contributed by atoms with Gasteiger partial charge in [0.05, 0.1) is 0 Å². The second-order valence-electron chi connectivity index (χ2n) is 5.74. The number of carbonyl (C=O) groups is 1. The number of nitrogens with one attached hydrogen (secondary N) is 1. The summed E-state index contributed by atoms with van der Waals surface area (Å²) in [6.07, 6.45) is 0.797. The molecule has 1 aliphatic rings. The Morgan fingerprint density at radius 3 is 2.67 bits per heavy atom. The van der Waals surface area contributed by atoms with Crippen LogP contribution in [0.1, 0.15) is 32.8 Å². The lowest BCUT2D eigenvalue weighted by atomic mass is 9.87. The predicted molar refractivity (Wildman–Crippen MR) is 74.8 cm³/mol. The Labute approximate surface area is 108 Å². The molecule has 1 heterocycles. The van der Waals surface area contributed by atoms with Crippen molar-refractivity contribution in [3.05, 3.63) is 42.1 Å². The van der Waals surface area contributed by atoms with Crippen LogP contribution in [-0.2, 0) is 5.41 Å². The van der Waals surface area contributed by atoms with Crippen LogP contribution in [0.15, 0.2) is 36.5 Å². The molecule has 1 aliphatic heterocycles. The van der Waals surface area contributed by atoms with E-state index in [4.69, 9.17) is 0 Å². The molecule has 0 spiro atoms. The summed E-state index contributed by atoms with van der Waals surface area (Å²) in [6.45, 7) is 11.0. The third-order valence-electron chi connectivity index (χ3n) is 3.19. The van der Waals surface area contributed by atoms with Gasteiger partial charge in [0, 0.05) is 24.4 Å². The highest BCUT2D eigenvalue weighted by molar-refractivity contribution is 5.94. The van der Waals surface area contributed by atoms with Crippen LogP contribution in [0.4, 0.5) is 10.5 Å². The number of amides is 2. The van der Waals surface area contributed by atoms with Gasteiger partial charge in [0.1, 0.15) is 0 Å². The van der Waals surface area contributed by atoms with Crippen LogP contribution >= 0.6 is 0 Å². The molecule has 1 saturated heterocycles. The van der Waals surface area contributed by atoms with Crippen LogP contribution in [0.25, 0.3) is 0 Å². The summed E-state index contributed by atoms with van der Waals surface area (Å²) in [5, 5.41) is 2.78. The Balaban J connectivity index is 2.29. The fourth-order valence-electron chi connectivity index (χ4n) is 2.02. The second-order valence-corrected chi connectivity index (χ2v) is 5.74. The summed E-state index contributed by atoms with van der Waals surface area (Å²) in [6, 6.07) is 8.09. The summed E-state index contributed by atoms with van der Waals surface area (Å²) >= 11 is 0. The third-order valence-corrected chi connectivity index (χ3v) is 3.19. The fraction of sp³-hybridized carbons (Fsp3) is 0.400. The first-order valence-corrected chi connectivity index (χ1v) is 6.25. The molecule has 0 aliphatic carbocycles. The van der Waals surface area contributed by atoms with Gasteiger partial charge in [-0.2, -0.15) is 0 Å². The Hall–Kier alpha value is -1.77. The largest absolute Gasteiger partial charge is 0.326 e. The highest BCUT2D eigenvalue weighted by atomic mass is 16.2. The second kappa shape index (κ2) is 4.48. The van der Waals surface area contributed by atoms with Crippen molar-refractivity contribution >= 4 is 11.7 Å². The van der Waals surface area contributed by atoms with Gasteiger partial charge in [0.15, 0.2) is 0 Å². The van der Waals surface area contributed by atoms with Crippen LogP contribution in [0, 0.1) is 0 Å². The van der Waals surface area contributed by atoms with Gasteiger partial charge in [-0.3, -0.25) is 4.90 Å². The molecule has 1 aromatic carbocycles. The molecule has 0 saturated carbocycles. The average molecular weight is 244 g/mol. The molecule has 1 aromatic rings. The van der Waals surface area contributed by atoms with Crippen LogP contribution in [0.3, 0.4) is 0 Å². The first kappa shape index (κ1) is 12.7. The van der Waals surface area contributed by atoms with Crippen molar-refractivity contribution in [1.29, 1.82) is 0 Å². The van der Waals surface area contributed by atoms with E-state index in [-0.39, 0.29) is 11.4 Å². The fourth-order valence-corrected chi connectivity index (χ4v) is 2.02. The number of benzene rings is 1. The molecule has 0 atom stereocenters. The molecular formula is C15H20N2O. The van der Waals surface area contributed by atoms with E-state index in [1.807, 2.05) is 12.1 Å². The van der Waals surface area contributed by atoms with Gasteiger partial charge in [0.2, 0.25) is 0 Å². The van der Waals surface area contributed by atoms with Gasteiger partial charge >= 0.3 is 6.03 Å². The van der Waals surface area contributed by atoms with Crippen molar-refractivity contribution in [3.63, 3.8) is 0 Å². The number of hydrogen-bond acceptors (Lipinski definition) is 1. The number of hydrogen-bond donors (Lipinski definition) is 1. The van der Waals surface area contributed by atoms with Gasteiger partial charge < -0.3 is 5.32 Å². The standard InChI is InChI=1S/C15H20N2O/c1-11-8-9-17(14(18)16-11)13-7-5-6-12(10-13)15(2,3)4/h5-7,10H,1,8-9H2,2-4H3,(H,16,18). The topological polar surface area (TPSA) is 32.3 Å². The molecule has 2 amide bonds. The summed E-state index contributed by atoms with van der Waals surface area (Å²) in [4.78, 5) is 13.7. The minimum Gasteiger partial charge on any atom is -0.312 e. The molecule has 0 bridgehead atoms. The maximum absolute atomic E-state index is 11.9. The zero-order valence-corrected chi connectivity index (χ0v) is 11.3. The maximum atomic E-state index is 11.9. The van der Waals surface area contributed by atoms with E-state index in [0.717, 1.165) is 17.8 Å². The molecule has 3 nitrogen and oxygen atoms in total. The molecule has 1 fully saturated rings. The maximum Gasteiger partial charge on any atom is 0.326 e. The van der Waals surface area contributed by atoms with Gasteiger partial charge in [0.25, 0.3) is 0 Å². The van der Waals surface area contributed by atoms with E-state index in [2.05, 4.69) is 44.8 Å². The van der Waals surface area contributed by atoms with Crippen molar-refractivity contribution in [2.24, 2.45) is 0 Å². The predicted octanol–water partition coefficient (Wildman–Crippen LogP) is 3.42. The lowest BCUT2D eigenvalue weighted by Crippen LogP contribution is -2.45. The number of urea groups is 1. The zero-order chi connectivity index (χ0) is 13.3. The van der Waals surface area contributed by atoms with E-state index >= 15 is 0 Å². The molecular weight excluding hydrogens is 224 g/mol. The first-order chi connectivity index (χ1) is 8.38. The Morgan fingerprint density at radius 1 is 1.33 bits per heavy atom. The molecule has 1 N–H and O–H groups in total.